The molecule has 1 aromatic rings. The Bertz CT molecular complexity index is 591. The number of fused-ring (bicyclic) bond motifs is 1. The maximum Gasteiger partial charge on any atom is 0.306 e. The van der Waals surface area contributed by atoms with Crippen LogP contribution in [0.4, 0.5) is 0 Å². The first-order valence-corrected chi connectivity index (χ1v) is 6.94. The third-order valence-corrected chi connectivity index (χ3v) is 3.81. The summed E-state index contributed by atoms with van der Waals surface area (Å²) in [5.74, 6) is -0.716. The Morgan fingerprint density at radius 1 is 1.33 bits per heavy atom. The molecule has 0 unspecified atom stereocenters. The number of carbonyl (C=O) groups is 2. The molecule has 0 spiro atoms. The van der Waals surface area contributed by atoms with E-state index in [1.165, 1.54) is 12.7 Å². The first-order chi connectivity index (χ1) is 10.1. The van der Waals surface area contributed by atoms with Crippen LogP contribution >= 0.6 is 0 Å². The Morgan fingerprint density at radius 2 is 2.05 bits per heavy atom. The molecule has 2 rings (SSSR count). The summed E-state index contributed by atoms with van der Waals surface area (Å²) in [4.78, 5) is 23.0. The minimum atomic E-state index is -0.873. The lowest BCUT2D eigenvalue weighted by molar-refractivity contribution is -0.142. The van der Waals surface area contributed by atoms with Gasteiger partial charge in [-0.2, -0.15) is 5.26 Å². The number of esters is 1. The smallest absolute Gasteiger partial charge is 0.306 e. The summed E-state index contributed by atoms with van der Waals surface area (Å²) < 4.78 is 4.50. The molecule has 0 radical (unpaired) electrons. The highest BCUT2D eigenvalue weighted by atomic mass is 16.5. The molecular weight excluding hydrogens is 268 g/mol. The van der Waals surface area contributed by atoms with Crippen molar-refractivity contribution in [3.05, 3.63) is 35.4 Å². The van der Waals surface area contributed by atoms with Crippen LogP contribution in [-0.2, 0) is 27.2 Å². The molecule has 5 heteroatoms. The maximum atomic E-state index is 11.9. The second-order valence-electron chi connectivity index (χ2n) is 5.26. The molecule has 0 heterocycles. The van der Waals surface area contributed by atoms with Crippen LogP contribution in [0.25, 0.3) is 0 Å². The maximum absolute atomic E-state index is 11.9. The number of hydrogen-bond acceptors (Lipinski definition) is 4. The van der Waals surface area contributed by atoms with Crippen LogP contribution in [0.1, 0.15) is 30.4 Å². The van der Waals surface area contributed by atoms with Gasteiger partial charge in [0, 0.05) is 12.8 Å². The number of aryl methyl sites for hydroxylation is 1. The fourth-order valence-corrected chi connectivity index (χ4v) is 2.61. The fourth-order valence-electron chi connectivity index (χ4n) is 2.61. The highest BCUT2D eigenvalue weighted by molar-refractivity contribution is 5.82. The summed E-state index contributed by atoms with van der Waals surface area (Å²) in [7, 11) is 1.29. The van der Waals surface area contributed by atoms with Gasteiger partial charge in [0.2, 0.25) is 5.91 Å². The summed E-state index contributed by atoms with van der Waals surface area (Å²) in [6.45, 7) is 0. The molecule has 0 fully saturated rings. The van der Waals surface area contributed by atoms with Crippen LogP contribution in [0, 0.1) is 11.3 Å². The third-order valence-electron chi connectivity index (χ3n) is 3.81. The van der Waals surface area contributed by atoms with E-state index >= 15 is 0 Å². The Hall–Kier alpha value is -2.35. The molecule has 1 atom stereocenters. The van der Waals surface area contributed by atoms with Gasteiger partial charge in [-0.3, -0.25) is 9.59 Å². The van der Waals surface area contributed by atoms with Gasteiger partial charge in [-0.15, -0.1) is 0 Å². The van der Waals surface area contributed by atoms with Gasteiger partial charge in [0.15, 0.2) is 0 Å². The Balaban J connectivity index is 2.02. The lowest BCUT2D eigenvalue weighted by Gasteiger charge is -2.33. The van der Waals surface area contributed by atoms with Gasteiger partial charge in [0.05, 0.1) is 19.6 Å². The minimum Gasteiger partial charge on any atom is -0.469 e. The van der Waals surface area contributed by atoms with Crippen LogP contribution in [0.15, 0.2) is 24.3 Å². The van der Waals surface area contributed by atoms with Gasteiger partial charge < -0.3 is 10.1 Å². The van der Waals surface area contributed by atoms with Crippen molar-refractivity contribution in [2.75, 3.05) is 7.11 Å². The van der Waals surface area contributed by atoms with Crippen molar-refractivity contribution >= 4 is 11.9 Å². The van der Waals surface area contributed by atoms with E-state index in [2.05, 4.69) is 22.2 Å². The van der Waals surface area contributed by atoms with Crippen molar-refractivity contribution in [2.45, 2.75) is 37.6 Å². The standard InChI is InChI=1S/C16H18N2O3/c1-21-15(20)7-6-14(19)18-16(11-17)9-8-12-4-2-3-5-13(12)10-16/h2-5H,6-10H2,1H3,(H,18,19)/t16-/m1/s1. The lowest BCUT2D eigenvalue weighted by Crippen LogP contribution is -2.51. The van der Waals surface area contributed by atoms with Crippen LogP contribution < -0.4 is 5.32 Å². The number of nitrogens with one attached hydrogen (secondary N) is 1. The molecule has 1 amide bonds. The Kier molecular flexibility index (Phi) is 4.59. The molecule has 1 aliphatic rings. The molecule has 1 N–H and O–H groups in total. The zero-order chi connectivity index (χ0) is 15.3. The van der Waals surface area contributed by atoms with E-state index in [1.54, 1.807) is 0 Å². The van der Waals surface area contributed by atoms with E-state index in [4.69, 9.17) is 0 Å². The van der Waals surface area contributed by atoms with Gasteiger partial charge in [0.25, 0.3) is 0 Å². The lowest BCUT2D eigenvalue weighted by atomic mass is 9.78. The SMILES string of the molecule is COC(=O)CCC(=O)N[C@]1(C#N)CCc2ccccc2C1. The number of rotatable bonds is 4. The number of hydrogen-bond donors (Lipinski definition) is 1. The predicted octanol–water partition coefficient (Wildman–Crippen LogP) is 1.51. The fraction of sp³-hybridized carbons (Fsp3) is 0.438. The second kappa shape index (κ2) is 6.40. The van der Waals surface area contributed by atoms with Crippen LogP contribution in [0.3, 0.4) is 0 Å². The molecule has 5 nitrogen and oxygen atoms in total. The Morgan fingerprint density at radius 3 is 2.71 bits per heavy atom. The Labute approximate surface area is 123 Å². The van der Waals surface area contributed by atoms with Gasteiger partial charge in [0.1, 0.15) is 5.54 Å². The first-order valence-electron chi connectivity index (χ1n) is 6.94. The average Bonchev–Trinajstić information content (AvgIpc) is 2.52. The number of nitrogens with zero attached hydrogens (tertiary/aromatic N) is 1. The molecule has 21 heavy (non-hydrogen) atoms. The predicted molar refractivity (Wildman–Crippen MR) is 76.2 cm³/mol. The molecule has 0 saturated carbocycles. The number of benzene rings is 1. The summed E-state index contributed by atoms with van der Waals surface area (Å²) in [6.07, 6.45) is 1.92. The molecule has 0 aromatic heterocycles. The third kappa shape index (κ3) is 3.60. The van der Waals surface area contributed by atoms with Crippen molar-refractivity contribution in [2.24, 2.45) is 0 Å². The van der Waals surface area contributed by atoms with Crippen LogP contribution in [0.2, 0.25) is 0 Å². The molecule has 1 aliphatic carbocycles. The summed E-state index contributed by atoms with van der Waals surface area (Å²) in [5, 5.41) is 12.3. The van der Waals surface area contributed by atoms with Crippen LogP contribution in [0.5, 0.6) is 0 Å². The minimum absolute atomic E-state index is 0.0282. The molecule has 0 bridgehead atoms. The second-order valence-corrected chi connectivity index (χ2v) is 5.26. The van der Waals surface area contributed by atoms with Gasteiger partial charge in [-0.25, -0.2) is 0 Å². The van der Waals surface area contributed by atoms with Crippen molar-refractivity contribution in [3.63, 3.8) is 0 Å². The monoisotopic (exact) mass is 286 g/mol. The molecular formula is C16H18N2O3. The summed E-state index contributed by atoms with van der Waals surface area (Å²) >= 11 is 0. The highest BCUT2D eigenvalue weighted by Crippen LogP contribution is 2.28. The van der Waals surface area contributed by atoms with Crippen molar-refractivity contribution < 1.29 is 14.3 Å². The number of carbonyl (C=O) groups excluding carboxylic acids is 2. The van der Waals surface area contributed by atoms with E-state index in [9.17, 15) is 14.9 Å². The zero-order valence-corrected chi connectivity index (χ0v) is 12.0. The van der Waals surface area contributed by atoms with E-state index in [0.29, 0.717) is 12.8 Å². The number of methoxy groups -OCH3 is 1. The molecule has 110 valence electrons. The van der Waals surface area contributed by atoms with Gasteiger partial charge in [-0.05, 0) is 24.0 Å². The number of nitriles is 1. The van der Waals surface area contributed by atoms with Crippen molar-refractivity contribution in [1.29, 1.82) is 5.26 Å². The topological polar surface area (TPSA) is 79.2 Å². The van der Waals surface area contributed by atoms with Crippen LogP contribution in [-0.4, -0.2) is 24.5 Å². The highest BCUT2D eigenvalue weighted by Gasteiger charge is 2.35. The number of ether oxygens (including phenoxy) is 1. The van der Waals surface area contributed by atoms with E-state index < -0.39 is 11.5 Å². The number of amides is 1. The zero-order valence-electron chi connectivity index (χ0n) is 12.0. The van der Waals surface area contributed by atoms with Gasteiger partial charge >= 0.3 is 5.97 Å². The van der Waals surface area contributed by atoms with E-state index in [1.807, 2.05) is 18.2 Å². The van der Waals surface area contributed by atoms with Crippen molar-refractivity contribution in [1.82, 2.24) is 5.32 Å². The normalized spacial score (nSPS) is 20.0. The van der Waals surface area contributed by atoms with Crippen molar-refractivity contribution in [3.8, 4) is 6.07 Å². The quantitative estimate of drug-likeness (QED) is 0.851. The molecule has 1 aromatic carbocycles. The molecule has 0 saturated heterocycles. The first kappa shape index (κ1) is 15.0. The molecule has 0 aliphatic heterocycles. The summed E-state index contributed by atoms with van der Waals surface area (Å²) in [5.41, 5.74) is 1.45. The van der Waals surface area contributed by atoms with E-state index in [-0.39, 0.29) is 18.7 Å². The summed E-state index contributed by atoms with van der Waals surface area (Å²) in [6, 6.07) is 10.2. The largest absolute Gasteiger partial charge is 0.469 e. The van der Waals surface area contributed by atoms with Gasteiger partial charge in [-0.1, -0.05) is 24.3 Å². The van der Waals surface area contributed by atoms with E-state index in [0.717, 1.165) is 12.0 Å². The average molecular weight is 286 g/mol.